The molecule has 2 aromatic carbocycles. The van der Waals surface area contributed by atoms with Gasteiger partial charge < -0.3 is 16.2 Å². The summed E-state index contributed by atoms with van der Waals surface area (Å²) in [6, 6.07) is 9.97. The highest BCUT2D eigenvalue weighted by atomic mass is 79.9. The van der Waals surface area contributed by atoms with Crippen molar-refractivity contribution in [3.05, 3.63) is 76.3 Å². The molecule has 0 radical (unpaired) electrons. The van der Waals surface area contributed by atoms with Crippen LogP contribution in [0.4, 0.5) is 10.1 Å². The normalized spacial score (nSPS) is 12.1. The summed E-state index contributed by atoms with van der Waals surface area (Å²) in [7, 11) is -4.03. The second-order valence-electron chi connectivity index (χ2n) is 7.15. The number of phenolic OH excluding ortho intramolecular Hbond substituents is 1. The summed E-state index contributed by atoms with van der Waals surface area (Å²) in [5.74, 6) is -2.79. The van der Waals surface area contributed by atoms with Crippen LogP contribution < -0.4 is 16.2 Å². The standard InChI is InChI=1S/C22H19BrFN5O4S/c1-11(15-8-13(21(25)26)3-5-18(15)30)20(24)22(31)29-17-4-2-12(9-16(17)23)14-6-7-28-10-19(14)34(27,32)33/h2-10,30H,1H3,(H3,25,26)(H,29,31)(H2,27,32,33)/b20-11+. The zero-order chi connectivity index (χ0) is 25.2. The number of nitrogens with one attached hydrogen (secondary N) is 2. The van der Waals surface area contributed by atoms with Gasteiger partial charge in [0, 0.05) is 39.1 Å². The molecule has 0 saturated carbocycles. The third-order valence-corrected chi connectivity index (χ3v) is 6.45. The largest absolute Gasteiger partial charge is 0.507 e. The molecular weight excluding hydrogens is 529 g/mol. The van der Waals surface area contributed by atoms with Gasteiger partial charge in [0.1, 0.15) is 16.5 Å². The van der Waals surface area contributed by atoms with E-state index in [2.05, 4.69) is 26.2 Å². The number of nitrogens with two attached hydrogens (primary N) is 2. The van der Waals surface area contributed by atoms with Crippen molar-refractivity contribution in [3.63, 3.8) is 0 Å². The van der Waals surface area contributed by atoms with Crippen molar-refractivity contribution in [1.82, 2.24) is 4.98 Å². The molecule has 0 saturated heterocycles. The SMILES string of the molecule is C/C(=C(\F)C(=O)Nc1ccc(-c2ccncc2S(N)(=O)=O)cc1Br)c1cc(C(=N)N)ccc1O. The second kappa shape index (κ2) is 9.71. The van der Waals surface area contributed by atoms with E-state index in [1.54, 1.807) is 0 Å². The number of carbonyl (C=O) groups excluding carboxylic acids is 1. The van der Waals surface area contributed by atoms with E-state index in [0.29, 0.717) is 15.6 Å². The number of nitrogens with zero attached hydrogens (tertiary/aromatic N) is 1. The van der Waals surface area contributed by atoms with Crippen LogP contribution >= 0.6 is 15.9 Å². The van der Waals surface area contributed by atoms with E-state index >= 15 is 0 Å². The minimum Gasteiger partial charge on any atom is -0.507 e. The summed E-state index contributed by atoms with van der Waals surface area (Å²) < 4.78 is 38.9. The highest BCUT2D eigenvalue weighted by Gasteiger charge is 2.19. The van der Waals surface area contributed by atoms with Gasteiger partial charge >= 0.3 is 0 Å². The molecule has 34 heavy (non-hydrogen) atoms. The van der Waals surface area contributed by atoms with Crippen LogP contribution in [-0.2, 0) is 14.8 Å². The van der Waals surface area contributed by atoms with Crippen molar-refractivity contribution in [2.45, 2.75) is 11.8 Å². The average Bonchev–Trinajstić information content (AvgIpc) is 2.79. The predicted molar refractivity (Wildman–Crippen MR) is 130 cm³/mol. The van der Waals surface area contributed by atoms with Gasteiger partial charge in [0.05, 0.1) is 5.69 Å². The molecule has 0 spiro atoms. The van der Waals surface area contributed by atoms with Gasteiger partial charge in [0.15, 0.2) is 5.83 Å². The third kappa shape index (κ3) is 5.30. The highest BCUT2D eigenvalue weighted by molar-refractivity contribution is 9.10. The number of hydrogen-bond acceptors (Lipinski definition) is 6. The van der Waals surface area contributed by atoms with Crippen LogP contribution in [0.5, 0.6) is 5.75 Å². The van der Waals surface area contributed by atoms with Crippen molar-refractivity contribution in [2.24, 2.45) is 10.9 Å². The second-order valence-corrected chi connectivity index (χ2v) is 9.53. The maximum absolute atomic E-state index is 14.9. The van der Waals surface area contributed by atoms with Gasteiger partial charge in [-0.3, -0.25) is 15.2 Å². The monoisotopic (exact) mass is 547 g/mol. The number of primary sulfonamides is 1. The number of hydrogen-bond donors (Lipinski definition) is 5. The van der Waals surface area contributed by atoms with E-state index in [0.717, 1.165) is 6.20 Å². The molecular formula is C22H19BrFN5O4S. The number of anilines is 1. The van der Waals surface area contributed by atoms with Crippen molar-refractivity contribution in [2.75, 3.05) is 5.32 Å². The summed E-state index contributed by atoms with van der Waals surface area (Å²) in [5, 5.41) is 25.2. The van der Waals surface area contributed by atoms with E-state index in [1.807, 2.05) is 0 Å². The Kier molecular flexibility index (Phi) is 7.15. The molecule has 3 aromatic rings. The lowest BCUT2D eigenvalue weighted by Gasteiger charge is -2.12. The van der Waals surface area contributed by atoms with E-state index in [-0.39, 0.29) is 38.9 Å². The van der Waals surface area contributed by atoms with E-state index < -0.39 is 21.8 Å². The molecule has 1 heterocycles. The van der Waals surface area contributed by atoms with Crippen molar-refractivity contribution in [1.29, 1.82) is 5.41 Å². The number of aromatic hydroxyl groups is 1. The first-order valence-electron chi connectivity index (χ1n) is 9.52. The zero-order valence-electron chi connectivity index (χ0n) is 17.6. The lowest BCUT2D eigenvalue weighted by Crippen LogP contribution is -2.14. The topological polar surface area (TPSA) is 172 Å². The number of halogens is 2. The smallest absolute Gasteiger partial charge is 0.284 e. The molecule has 0 atom stereocenters. The predicted octanol–water partition coefficient (Wildman–Crippen LogP) is 3.49. The molecule has 1 aromatic heterocycles. The number of sulfonamides is 1. The minimum atomic E-state index is -4.03. The average molecular weight is 548 g/mol. The first kappa shape index (κ1) is 25.0. The van der Waals surface area contributed by atoms with Gasteiger partial charge in [-0.2, -0.15) is 0 Å². The molecule has 1 amide bonds. The van der Waals surface area contributed by atoms with Crippen LogP contribution in [0.1, 0.15) is 18.1 Å². The summed E-state index contributed by atoms with van der Waals surface area (Å²) in [6.07, 6.45) is 2.54. The fourth-order valence-electron chi connectivity index (χ4n) is 3.10. The fourth-order valence-corrected chi connectivity index (χ4v) is 4.28. The van der Waals surface area contributed by atoms with Crippen LogP contribution in [0.15, 0.2) is 70.1 Å². The summed E-state index contributed by atoms with van der Waals surface area (Å²) in [4.78, 5) is 16.1. The molecule has 0 aliphatic rings. The number of allylic oxidation sites excluding steroid dienone is 1. The van der Waals surface area contributed by atoms with E-state index in [1.165, 1.54) is 55.6 Å². The number of benzene rings is 2. The molecule has 176 valence electrons. The molecule has 0 unspecified atom stereocenters. The molecule has 3 rings (SSSR count). The molecule has 0 aliphatic heterocycles. The quantitative estimate of drug-likeness (QED) is 0.179. The number of rotatable bonds is 6. The van der Waals surface area contributed by atoms with Crippen LogP contribution in [0.2, 0.25) is 0 Å². The molecule has 7 N–H and O–H groups in total. The molecule has 0 aliphatic carbocycles. The number of phenols is 1. The van der Waals surface area contributed by atoms with Crippen molar-refractivity contribution < 1.29 is 22.7 Å². The maximum atomic E-state index is 14.9. The number of amidine groups is 1. The Morgan fingerprint density at radius 3 is 2.53 bits per heavy atom. The summed E-state index contributed by atoms with van der Waals surface area (Å²) in [5.41, 5.74) is 6.54. The van der Waals surface area contributed by atoms with Crippen LogP contribution in [0.3, 0.4) is 0 Å². The molecule has 0 bridgehead atoms. The van der Waals surface area contributed by atoms with Gasteiger partial charge in [0.25, 0.3) is 5.91 Å². The van der Waals surface area contributed by atoms with E-state index in [9.17, 15) is 22.7 Å². The van der Waals surface area contributed by atoms with Crippen molar-refractivity contribution >= 4 is 49.0 Å². The lowest BCUT2D eigenvalue weighted by atomic mass is 10.0. The Bertz CT molecular complexity index is 1460. The van der Waals surface area contributed by atoms with Gasteiger partial charge in [-0.1, -0.05) is 6.07 Å². The molecule has 12 heteroatoms. The fraction of sp³-hybridized carbons (Fsp3) is 0.0455. The summed E-state index contributed by atoms with van der Waals surface area (Å²) in [6.45, 7) is 1.31. The number of carbonyl (C=O) groups is 1. The number of nitrogen functional groups attached to an aromatic ring is 1. The van der Waals surface area contributed by atoms with Gasteiger partial charge in [0.2, 0.25) is 10.0 Å². The Morgan fingerprint density at radius 2 is 1.91 bits per heavy atom. The van der Waals surface area contributed by atoms with Crippen LogP contribution in [0, 0.1) is 5.41 Å². The van der Waals surface area contributed by atoms with Gasteiger partial charge in [-0.05, 0) is 64.8 Å². The Morgan fingerprint density at radius 1 is 1.21 bits per heavy atom. The molecule has 9 nitrogen and oxygen atoms in total. The van der Waals surface area contributed by atoms with E-state index in [4.69, 9.17) is 16.3 Å². The maximum Gasteiger partial charge on any atom is 0.284 e. The third-order valence-electron chi connectivity index (χ3n) is 4.86. The van der Waals surface area contributed by atoms with Gasteiger partial charge in [-0.15, -0.1) is 0 Å². The minimum absolute atomic E-state index is 0.0166. The number of amides is 1. The molecule has 0 fully saturated rings. The van der Waals surface area contributed by atoms with Crippen LogP contribution in [0.25, 0.3) is 16.7 Å². The van der Waals surface area contributed by atoms with Crippen LogP contribution in [-0.4, -0.2) is 30.3 Å². The first-order chi connectivity index (χ1) is 15.9. The Hall–Kier alpha value is -3.61. The highest BCUT2D eigenvalue weighted by Crippen LogP contribution is 2.33. The summed E-state index contributed by atoms with van der Waals surface area (Å²) >= 11 is 3.29. The zero-order valence-corrected chi connectivity index (χ0v) is 20.0. The Balaban J connectivity index is 1.92. The number of pyridine rings is 1. The number of aromatic nitrogens is 1. The lowest BCUT2D eigenvalue weighted by molar-refractivity contribution is -0.114. The first-order valence-corrected chi connectivity index (χ1v) is 11.9. The Labute approximate surface area is 203 Å². The van der Waals surface area contributed by atoms with Gasteiger partial charge in [-0.25, -0.2) is 17.9 Å². The van der Waals surface area contributed by atoms with Crippen molar-refractivity contribution in [3.8, 4) is 16.9 Å².